The van der Waals surface area contributed by atoms with Gasteiger partial charge in [-0.25, -0.2) is 9.37 Å². The third-order valence-electron chi connectivity index (χ3n) is 3.94. The summed E-state index contributed by atoms with van der Waals surface area (Å²) in [6, 6.07) is 9.11. The van der Waals surface area contributed by atoms with Gasteiger partial charge in [-0.2, -0.15) is 13.2 Å². The monoisotopic (exact) mass is 384 g/mol. The first-order valence-electron chi connectivity index (χ1n) is 7.45. The number of alkyl halides is 3. The standard InChI is InChI=1S/C18H13ClF4N2O/c1-25(10-3-5-15(20)14(19)7-10)17-9-13(18(21,22)23)12-8-11(26-2)4-6-16(12)24-17/h3-9H,1-2H3. The minimum Gasteiger partial charge on any atom is -0.497 e. The molecule has 0 saturated carbocycles. The summed E-state index contributed by atoms with van der Waals surface area (Å²) < 4.78 is 59.0. The Bertz CT molecular complexity index is 975. The fourth-order valence-electron chi connectivity index (χ4n) is 2.55. The molecule has 0 aliphatic carbocycles. The largest absolute Gasteiger partial charge is 0.497 e. The van der Waals surface area contributed by atoms with E-state index in [1.807, 2.05) is 0 Å². The van der Waals surface area contributed by atoms with Crippen molar-refractivity contribution in [2.75, 3.05) is 19.1 Å². The highest BCUT2D eigenvalue weighted by atomic mass is 35.5. The molecule has 1 aromatic heterocycles. The molecule has 1 heterocycles. The number of fused-ring (bicyclic) bond motifs is 1. The molecule has 0 radical (unpaired) electrons. The smallest absolute Gasteiger partial charge is 0.417 e. The molecule has 0 bridgehead atoms. The molecule has 2 aromatic carbocycles. The van der Waals surface area contributed by atoms with E-state index in [1.165, 1.54) is 49.4 Å². The van der Waals surface area contributed by atoms with Crippen LogP contribution in [0.5, 0.6) is 5.75 Å². The van der Waals surface area contributed by atoms with Gasteiger partial charge in [-0.1, -0.05) is 11.6 Å². The number of hydrogen-bond acceptors (Lipinski definition) is 3. The Labute approximate surface area is 151 Å². The zero-order valence-corrected chi connectivity index (χ0v) is 14.5. The maximum absolute atomic E-state index is 13.6. The van der Waals surface area contributed by atoms with Crippen LogP contribution in [0.3, 0.4) is 0 Å². The van der Waals surface area contributed by atoms with E-state index in [-0.39, 0.29) is 21.7 Å². The Balaban J connectivity index is 2.18. The van der Waals surface area contributed by atoms with E-state index in [9.17, 15) is 17.6 Å². The Morgan fingerprint density at radius 3 is 2.42 bits per heavy atom. The lowest BCUT2D eigenvalue weighted by molar-refractivity contribution is -0.136. The summed E-state index contributed by atoms with van der Waals surface area (Å²) in [6.07, 6.45) is -4.58. The molecule has 0 unspecified atom stereocenters. The highest BCUT2D eigenvalue weighted by Gasteiger charge is 2.34. The normalized spacial score (nSPS) is 11.7. The van der Waals surface area contributed by atoms with Gasteiger partial charge in [0.2, 0.25) is 0 Å². The Hall–Kier alpha value is -2.54. The van der Waals surface area contributed by atoms with Crippen molar-refractivity contribution in [3.8, 4) is 5.75 Å². The van der Waals surface area contributed by atoms with Crippen LogP contribution in [0.2, 0.25) is 5.02 Å². The second-order valence-electron chi connectivity index (χ2n) is 5.57. The molecule has 0 atom stereocenters. The number of ether oxygens (including phenoxy) is 1. The number of anilines is 2. The number of pyridine rings is 1. The summed E-state index contributed by atoms with van der Waals surface area (Å²) in [6.45, 7) is 0. The van der Waals surface area contributed by atoms with Crippen molar-refractivity contribution in [1.29, 1.82) is 0 Å². The average Bonchev–Trinajstić information content (AvgIpc) is 2.61. The molecule has 0 saturated heterocycles. The topological polar surface area (TPSA) is 25.4 Å². The van der Waals surface area contributed by atoms with Crippen molar-refractivity contribution in [3.05, 3.63) is 58.9 Å². The van der Waals surface area contributed by atoms with Gasteiger partial charge in [0, 0.05) is 18.1 Å². The maximum atomic E-state index is 13.6. The van der Waals surface area contributed by atoms with Crippen molar-refractivity contribution in [2.45, 2.75) is 6.18 Å². The highest BCUT2D eigenvalue weighted by Crippen LogP contribution is 2.38. The fraction of sp³-hybridized carbons (Fsp3) is 0.167. The number of rotatable bonds is 3. The minimum absolute atomic E-state index is 0.0534. The molecule has 0 aliphatic rings. The quantitative estimate of drug-likeness (QED) is 0.532. The van der Waals surface area contributed by atoms with Gasteiger partial charge in [0.15, 0.2) is 0 Å². The van der Waals surface area contributed by atoms with Crippen LogP contribution < -0.4 is 9.64 Å². The van der Waals surface area contributed by atoms with Crippen LogP contribution in [0.15, 0.2) is 42.5 Å². The number of nitrogens with zero attached hydrogens (tertiary/aromatic N) is 2. The van der Waals surface area contributed by atoms with Gasteiger partial charge in [-0.05, 0) is 42.5 Å². The zero-order valence-electron chi connectivity index (χ0n) is 13.7. The molecule has 3 rings (SSSR count). The second-order valence-corrected chi connectivity index (χ2v) is 5.97. The number of hydrogen-bond donors (Lipinski definition) is 0. The number of halogens is 5. The van der Waals surface area contributed by atoms with E-state index in [0.717, 1.165) is 12.1 Å². The zero-order chi connectivity index (χ0) is 19.1. The molecular formula is C18H13ClF4N2O. The number of benzene rings is 2. The van der Waals surface area contributed by atoms with Gasteiger partial charge in [0.05, 0.1) is 23.2 Å². The van der Waals surface area contributed by atoms with Crippen LogP contribution in [0.25, 0.3) is 10.9 Å². The summed E-state index contributed by atoms with van der Waals surface area (Å²) in [5.41, 5.74) is -0.267. The first-order chi connectivity index (χ1) is 12.2. The first kappa shape index (κ1) is 18.3. The molecule has 8 heteroatoms. The Morgan fingerprint density at radius 2 is 1.81 bits per heavy atom. The van der Waals surface area contributed by atoms with Gasteiger partial charge >= 0.3 is 6.18 Å². The maximum Gasteiger partial charge on any atom is 0.417 e. The van der Waals surface area contributed by atoms with Crippen LogP contribution in [0.4, 0.5) is 29.1 Å². The summed E-state index contributed by atoms with van der Waals surface area (Å²) in [7, 11) is 2.91. The van der Waals surface area contributed by atoms with Crippen LogP contribution in [-0.2, 0) is 6.18 Å². The molecule has 0 fully saturated rings. The van der Waals surface area contributed by atoms with Crippen LogP contribution >= 0.6 is 11.6 Å². The van der Waals surface area contributed by atoms with Gasteiger partial charge < -0.3 is 9.64 Å². The Kier molecular flexibility index (Phi) is 4.66. The van der Waals surface area contributed by atoms with E-state index >= 15 is 0 Å². The molecule has 3 nitrogen and oxygen atoms in total. The van der Waals surface area contributed by atoms with Crippen LogP contribution in [0.1, 0.15) is 5.56 Å². The average molecular weight is 385 g/mol. The summed E-state index contributed by atoms with van der Waals surface area (Å²) >= 11 is 5.76. The van der Waals surface area contributed by atoms with E-state index in [2.05, 4.69) is 4.98 Å². The van der Waals surface area contributed by atoms with E-state index < -0.39 is 17.6 Å². The van der Waals surface area contributed by atoms with Crippen molar-refractivity contribution in [3.63, 3.8) is 0 Å². The van der Waals surface area contributed by atoms with Gasteiger partial charge in [0.25, 0.3) is 0 Å². The van der Waals surface area contributed by atoms with Crippen molar-refractivity contribution in [1.82, 2.24) is 4.98 Å². The van der Waals surface area contributed by atoms with E-state index in [4.69, 9.17) is 16.3 Å². The summed E-state index contributed by atoms with van der Waals surface area (Å²) in [4.78, 5) is 5.69. The molecule has 3 aromatic rings. The SMILES string of the molecule is COc1ccc2nc(N(C)c3ccc(F)c(Cl)c3)cc(C(F)(F)F)c2c1. The second kappa shape index (κ2) is 6.64. The molecule has 0 aliphatic heterocycles. The van der Waals surface area contributed by atoms with Crippen LogP contribution in [-0.4, -0.2) is 19.1 Å². The minimum atomic E-state index is -4.58. The predicted octanol–water partition coefficient (Wildman–Crippen LogP) is 5.82. The third-order valence-corrected chi connectivity index (χ3v) is 4.23. The van der Waals surface area contributed by atoms with Crippen molar-refractivity contribution >= 4 is 34.0 Å². The lowest BCUT2D eigenvalue weighted by Crippen LogP contribution is -2.14. The molecule has 0 amide bonds. The lowest BCUT2D eigenvalue weighted by Gasteiger charge is -2.21. The summed E-state index contributed by atoms with van der Waals surface area (Å²) in [5.74, 6) is -0.257. The molecule has 26 heavy (non-hydrogen) atoms. The number of methoxy groups -OCH3 is 1. The van der Waals surface area contributed by atoms with Crippen LogP contribution in [0, 0.1) is 5.82 Å². The number of aromatic nitrogens is 1. The molecule has 136 valence electrons. The predicted molar refractivity (Wildman–Crippen MR) is 92.8 cm³/mol. The van der Waals surface area contributed by atoms with E-state index in [1.54, 1.807) is 0 Å². The van der Waals surface area contributed by atoms with Gasteiger partial charge in [-0.3, -0.25) is 0 Å². The van der Waals surface area contributed by atoms with E-state index in [0.29, 0.717) is 11.4 Å². The van der Waals surface area contributed by atoms with Crippen molar-refractivity contribution in [2.24, 2.45) is 0 Å². The van der Waals surface area contributed by atoms with Gasteiger partial charge in [0.1, 0.15) is 17.4 Å². The molecular weight excluding hydrogens is 372 g/mol. The summed E-state index contributed by atoms with van der Waals surface area (Å²) in [5, 5.41) is -0.193. The highest BCUT2D eigenvalue weighted by molar-refractivity contribution is 6.31. The first-order valence-corrected chi connectivity index (χ1v) is 7.83. The fourth-order valence-corrected chi connectivity index (χ4v) is 2.72. The lowest BCUT2D eigenvalue weighted by atomic mass is 10.1. The van der Waals surface area contributed by atoms with Gasteiger partial charge in [-0.15, -0.1) is 0 Å². The van der Waals surface area contributed by atoms with Crippen molar-refractivity contribution < 1.29 is 22.3 Å². The molecule has 0 spiro atoms. The Morgan fingerprint density at radius 1 is 1.08 bits per heavy atom. The molecule has 0 N–H and O–H groups in total. The third kappa shape index (κ3) is 3.39.